The van der Waals surface area contributed by atoms with Gasteiger partial charge in [0.1, 0.15) is 6.04 Å². The van der Waals surface area contributed by atoms with Crippen molar-refractivity contribution in [1.82, 2.24) is 5.32 Å². The third-order valence-electron chi connectivity index (χ3n) is 3.72. The van der Waals surface area contributed by atoms with Gasteiger partial charge in [-0.15, -0.1) is 0 Å². The normalized spacial score (nSPS) is 12.3. The number of aromatic carboxylic acids is 1. The highest BCUT2D eigenvalue weighted by Gasteiger charge is 2.35. The van der Waals surface area contributed by atoms with Crippen molar-refractivity contribution in [3.05, 3.63) is 70.8 Å². The van der Waals surface area contributed by atoms with Crippen LogP contribution in [-0.2, 0) is 17.4 Å². The molecule has 6 nitrogen and oxygen atoms in total. The van der Waals surface area contributed by atoms with Gasteiger partial charge in [-0.3, -0.25) is 4.79 Å². The highest BCUT2D eigenvalue weighted by atomic mass is 19.4. The summed E-state index contributed by atoms with van der Waals surface area (Å²) in [5.41, 5.74) is -1.46. The molecule has 1 atom stereocenters. The van der Waals surface area contributed by atoms with E-state index in [0.29, 0.717) is 5.56 Å². The fourth-order valence-corrected chi connectivity index (χ4v) is 2.38. The van der Waals surface area contributed by atoms with Crippen molar-refractivity contribution < 1.29 is 37.8 Å². The van der Waals surface area contributed by atoms with Crippen molar-refractivity contribution >= 4 is 17.8 Å². The minimum atomic E-state index is -4.76. The highest BCUT2D eigenvalue weighted by Crippen LogP contribution is 2.31. The van der Waals surface area contributed by atoms with E-state index in [4.69, 9.17) is 5.11 Å². The number of benzene rings is 2. The van der Waals surface area contributed by atoms with Crippen LogP contribution in [-0.4, -0.2) is 34.1 Å². The van der Waals surface area contributed by atoms with E-state index in [9.17, 15) is 32.7 Å². The van der Waals surface area contributed by atoms with E-state index >= 15 is 0 Å². The molecule has 142 valence electrons. The predicted molar refractivity (Wildman–Crippen MR) is 87.4 cm³/mol. The lowest BCUT2D eigenvalue weighted by molar-refractivity contribution is -0.139. The number of carbonyl (C=O) groups is 3. The van der Waals surface area contributed by atoms with Gasteiger partial charge in [-0.2, -0.15) is 13.2 Å². The van der Waals surface area contributed by atoms with Crippen LogP contribution in [0.3, 0.4) is 0 Å². The fraction of sp³-hybridized carbons (Fsp3) is 0.167. The summed E-state index contributed by atoms with van der Waals surface area (Å²) in [6.45, 7) is 0. The highest BCUT2D eigenvalue weighted by molar-refractivity contribution is 5.98. The van der Waals surface area contributed by atoms with Gasteiger partial charge < -0.3 is 15.5 Å². The number of aliphatic carboxylic acids is 1. The van der Waals surface area contributed by atoms with Crippen LogP contribution in [0.25, 0.3) is 0 Å². The fourth-order valence-electron chi connectivity index (χ4n) is 2.38. The molecule has 0 bridgehead atoms. The largest absolute Gasteiger partial charge is 0.480 e. The number of amides is 1. The van der Waals surface area contributed by atoms with E-state index in [1.165, 1.54) is 30.3 Å². The Morgan fingerprint density at radius 1 is 0.963 bits per heavy atom. The van der Waals surface area contributed by atoms with Crippen molar-refractivity contribution in [2.45, 2.75) is 18.6 Å². The van der Waals surface area contributed by atoms with E-state index in [2.05, 4.69) is 5.32 Å². The summed E-state index contributed by atoms with van der Waals surface area (Å²) >= 11 is 0. The molecule has 0 aliphatic carbocycles. The van der Waals surface area contributed by atoms with Gasteiger partial charge in [-0.1, -0.05) is 24.3 Å². The van der Waals surface area contributed by atoms with Crippen LogP contribution in [0.15, 0.2) is 48.5 Å². The molecule has 1 amide bonds. The number of rotatable bonds is 6. The van der Waals surface area contributed by atoms with Crippen LogP contribution >= 0.6 is 0 Å². The van der Waals surface area contributed by atoms with Crippen LogP contribution < -0.4 is 5.32 Å². The predicted octanol–water partition coefficient (Wildman–Crippen LogP) is 2.83. The Balaban J connectivity index is 2.20. The number of carboxylic acid groups (broad SMARTS) is 2. The standard InChI is InChI=1S/C18H14F3NO5/c19-18(20,21)13-4-2-1-3-12(13)15(23)22-14(17(26)27)9-10-5-7-11(8-6-10)16(24)25/h1-8,14H,9H2,(H,22,23)(H,24,25)(H,26,27)/t14-/m0/s1. The maximum Gasteiger partial charge on any atom is 0.417 e. The van der Waals surface area contributed by atoms with Crippen LogP contribution in [0.1, 0.15) is 31.8 Å². The molecule has 0 aromatic heterocycles. The molecular weight excluding hydrogens is 367 g/mol. The molecule has 27 heavy (non-hydrogen) atoms. The Morgan fingerprint density at radius 3 is 2.07 bits per heavy atom. The molecule has 0 fully saturated rings. The van der Waals surface area contributed by atoms with E-state index in [1.54, 1.807) is 0 Å². The maximum absolute atomic E-state index is 13.0. The number of hydrogen-bond donors (Lipinski definition) is 3. The minimum absolute atomic E-state index is 0.00577. The molecular formula is C18H14F3NO5. The van der Waals surface area contributed by atoms with E-state index < -0.39 is 41.2 Å². The summed E-state index contributed by atoms with van der Waals surface area (Å²) in [6.07, 6.45) is -4.99. The molecule has 0 spiro atoms. The quantitative estimate of drug-likeness (QED) is 0.714. The molecule has 0 unspecified atom stereocenters. The Bertz CT molecular complexity index is 862. The molecule has 2 aromatic carbocycles. The summed E-state index contributed by atoms with van der Waals surface area (Å²) in [5, 5.41) is 20.2. The van der Waals surface area contributed by atoms with Crippen molar-refractivity contribution in [2.24, 2.45) is 0 Å². The molecule has 0 saturated carbocycles. The first-order chi connectivity index (χ1) is 12.6. The van der Waals surface area contributed by atoms with E-state index in [-0.39, 0.29) is 12.0 Å². The second-order valence-electron chi connectivity index (χ2n) is 5.61. The van der Waals surface area contributed by atoms with Gasteiger partial charge in [0.05, 0.1) is 16.7 Å². The lowest BCUT2D eigenvalue weighted by Crippen LogP contribution is -2.42. The Hall–Kier alpha value is -3.36. The van der Waals surface area contributed by atoms with Crippen molar-refractivity contribution in [3.63, 3.8) is 0 Å². The summed E-state index contributed by atoms with van der Waals surface area (Å²) in [7, 11) is 0. The van der Waals surface area contributed by atoms with Gasteiger partial charge in [0.25, 0.3) is 5.91 Å². The van der Waals surface area contributed by atoms with Crippen molar-refractivity contribution in [3.8, 4) is 0 Å². The maximum atomic E-state index is 13.0. The first-order valence-corrected chi connectivity index (χ1v) is 7.61. The van der Waals surface area contributed by atoms with Gasteiger partial charge in [0.2, 0.25) is 0 Å². The van der Waals surface area contributed by atoms with E-state index in [0.717, 1.165) is 18.2 Å². The zero-order valence-corrected chi connectivity index (χ0v) is 13.7. The Kier molecular flexibility index (Phi) is 5.84. The number of hydrogen-bond acceptors (Lipinski definition) is 3. The summed E-state index contributed by atoms with van der Waals surface area (Å²) in [6, 6.07) is 7.82. The van der Waals surface area contributed by atoms with Gasteiger partial charge >= 0.3 is 18.1 Å². The number of carboxylic acids is 2. The van der Waals surface area contributed by atoms with Crippen LogP contribution in [0, 0.1) is 0 Å². The van der Waals surface area contributed by atoms with Crippen LogP contribution in [0.2, 0.25) is 0 Å². The second-order valence-corrected chi connectivity index (χ2v) is 5.61. The molecule has 9 heteroatoms. The third kappa shape index (κ3) is 5.06. The van der Waals surface area contributed by atoms with Gasteiger partial charge in [0, 0.05) is 6.42 Å². The molecule has 0 aliphatic rings. The number of nitrogens with one attached hydrogen (secondary N) is 1. The molecule has 2 rings (SSSR count). The van der Waals surface area contributed by atoms with E-state index in [1.807, 2.05) is 0 Å². The number of carbonyl (C=O) groups excluding carboxylic acids is 1. The third-order valence-corrected chi connectivity index (χ3v) is 3.72. The first-order valence-electron chi connectivity index (χ1n) is 7.61. The van der Waals surface area contributed by atoms with Crippen molar-refractivity contribution in [1.29, 1.82) is 0 Å². The Labute approximate surface area is 151 Å². The molecule has 0 aliphatic heterocycles. The number of alkyl halides is 3. The lowest BCUT2D eigenvalue weighted by Gasteiger charge is -2.17. The zero-order valence-electron chi connectivity index (χ0n) is 13.7. The van der Waals surface area contributed by atoms with Crippen LogP contribution in [0.4, 0.5) is 13.2 Å². The summed E-state index contributed by atoms with van der Waals surface area (Å²) in [5.74, 6) is -3.76. The van der Waals surface area contributed by atoms with Gasteiger partial charge in [-0.05, 0) is 29.8 Å². The van der Waals surface area contributed by atoms with Gasteiger partial charge in [0.15, 0.2) is 0 Å². The number of halogens is 3. The first kappa shape index (κ1) is 20.0. The molecule has 3 N–H and O–H groups in total. The van der Waals surface area contributed by atoms with Crippen LogP contribution in [0.5, 0.6) is 0 Å². The van der Waals surface area contributed by atoms with Crippen molar-refractivity contribution in [2.75, 3.05) is 0 Å². The summed E-state index contributed by atoms with van der Waals surface area (Å²) in [4.78, 5) is 34.4. The molecule has 0 saturated heterocycles. The average molecular weight is 381 g/mol. The average Bonchev–Trinajstić information content (AvgIpc) is 2.60. The summed E-state index contributed by atoms with van der Waals surface area (Å²) < 4.78 is 39.0. The molecule has 0 heterocycles. The second kappa shape index (κ2) is 7.90. The van der Waals surface area contributed by atoms with Gasteiger partial charge in [-0.25, -0.2) is 9.59 Å². The Morgan fingerprint density at radius 2 is 1.56 bits per heavy atom. The smallest absolute Gasteiger partial charge is 0.417 e. The lowest BCUT2D eigenvalue weighted by atomic mass is 10.0. The molecule has 2 aromatic rings. The molecule has 0 radical (unpaired) electrons. The minimum Gasteiger partial charge on any atom is -0.480 e. The monoisotopic (exact) mass is 381 g/mol. The SMILES string of the molecule is O=C(O)c1ccc(C[C@H](NC(=O)c2ccccc2C(F)(F)F)C(=O)O)cc1. The topological polar surface area (TPSA) is 104 Å². The zero-order chi connectivity index (χ0) is 20.2.